The molecule has 4 nitrogen and oxygen atoms in total. The highest BCUT2D eigenvalue weighted by Gasteiger charge is 2.01. The van der Waals surface area contributed by atoms with E-state index in [1.54, 1.807) is 24.3 Å². The van der Waals surface area contributed by atoms with Crippen LogP contribution in [0.5, 0.6) is 0 Å². The number of nitrogen functional groups attached to an aromatic ring is 1. The molecule has 0 aliphatic rings. The van der Waals surface area contributed by atoms with Gasteiger partial charge in [0.25, 0.3) is 0 Å². The molecule has 0 bridgehead atoms. The van der Waals surface area contributed by atoms with Crippen LogP contribution in [-0.4, -0.2) is 19.1 Å². The summed E-state index contributed by atoms with van der Waals surface area (Å²) in [6, 6.07) is 7.12. The van der Waals surface area contributed by atoms with Crippen LogP contribution in [0.3, 0.4) is 0 Å². The number of carbonyl (C=O) groups excluding carboxylic acids is 1. The van der Waals surface area contributed by atoms with E-state index in [9.17, 15) is 4.79 Å². The predicted octanol–water partition coefficient (Wildman–Crippen LogP) is 2.02. The zero-order chi connectivity index (χ0) is 11.8. The summed E-state index contributed by atoms with van der Waals surface area (Å²) in [5.74, 6) is -0.0540. The summed E-state index contributed by atoms with van der Waals surface area (Å²) < 4.78 is 5.23. The summed E-state index contributed by atoms with van der Waals surface area (Å²) in [5, 5.41) is 2.76. The molecule has 16 heavy (non-hydrogen) atoms. The third kappa shape index (κ3) is 4.79. The minimum Gasteiger partial charge on any atom is -0.399 e. The van der Waals surface area contributed by atoms with E-state index in [4.69, 9.17) is 10.5 Å². The highest BCUT2D eigenvalue weighted by Crippen LogP contribution is 2.11. The molecule has 0 aromatic heterocycles. The van der Waals surface area contributed by atoms with Crippen LogP contribution in [0.2, 0.25) is 0 Å². The summed E-state index contributed by atoms with van der Waals surface area (Å²) in [7, 11) is 0. The standard InChI is InChI=1S/C12H18N2O2/c1-2-7-16-8-6-12(15)14-11-5-3-4-10(13)9-11/h3-5,9H,2,6-8,13H2,1H3,(H,14,15). The summed E-state index contributed by atoms with van der Waals surface area (Å²) in [6.45, 7) is 3.19. The largest absolute Gasteiger partial charge is 0.399 e. The molecule has 4 heteroatoms. The summed E-state index contributed by atoms with van der Waals surface area (Å²) in [4.78, 5) is 11.5. The fourth-order valence-electron chi connectivity index (χ4n) is 1.25. The number of nitrogens with one attached hydrogen (secondary N) is 1. The normalized spacial score (nSPS) is 10.1. The maximum atomic E-state index is 11.5. The molecule has 1 aromatic carbocycles. The molecule has 0 radical (unpaired) electrons. The first kappa shape index (κ1) is 12.5. The van der Waals surface area contributed by atoms with E-state index < -0.39 is 0 Å². The van der Waals surface area contributed by atoms with Crippen molar-refractivity contribution in [3.8, 4) is 0 Å². The number of hydrogen-bond donors (Lipinski definition) is 2. The van der Waals surface area contributed by atoms with Crippen molar-refractivity contribution < 1.29 is 9.53 Å². The lowest BCUT2D eigenvalue weighted by Gasteiger charge is -2.06. The Morgan fingerprint density at radius 2 is 2.25 bits per heavy atom. The topological polar surface area (TPSA) is 64.3 Å². The molecule has 0 saturated carbocycles. The van der Waals surface area contributed by atoms with E-state index in [1.807, 2.05) is 6.92 Å². The van der Waals surface area contributed by atoms with Crippen LogP contribution in [0.4, 0.5) is 11.4 Å². The van der Waals surface area contributed by atoms with Crippen molar-refractivity contribution >= 4 is 17.3 Å². The molecule has 0 aliphatic carbocycles. The highest BCUT2D eigenvalue weighted by molar-refractivity contribution is 5.91. The van der Waals surface area contributed by atoms with Crippen LogP contribution in [0.25, 0.3) is 0 Å². The van der Waals surface area contributed by atoms with Gasteiger partial charge in [-0.15, -0.1) is 0 Å². The van der Waals surface area contributed by atoms with E-state index in [0.717, 1.165) is 12.1 Å². The molecule has 1 aromatic rings. The van der Waals surface area contributed by atoms with Gasteiger partial charge < -0.3 is 15.8 Å². The average Bonchev–Trinajstić information content (AvgIpc) is 2.24. The quantitative estimate of drug-likeness (QED) is 0.571. The summed E-state index contributed by atoms with van der Waals surface area (Å²) >= 11 is 0. The van der Waals surface area contributed by atoms with Gasteiger partial charge in [0.1, 0.15) is 0 Å². The van der Waals surface area contributed by atoms with Gasteiger partial charge in [0, 0.05) is 18.0 Å². The van der Waals surface area contributed by atoms with Crippen molar-refractivity contribution in [2.24, 2.45) is 0 Å². The van der Waals surface area contributed by atoms with Gasteiger partial charge in [-0.1, -0.05) is 13.0 Å². The Kier molecular flexibility index (Phi) is 5.36. The monoisotopic (exact) mass is 222 g/mol. The van der Waals surface area contributed by atoms with E-state index >= 15 is 0 Å². The van der Waals surface area contributed by atoms with Crippen molar-refractivity contribution in [1.29, 1.82) is 0 Å². The number of hydrogen-bond acceptors (Lipinski definition) is 3. The minimum absolute atomic E-state index is 0.0540. The molecule has 1 amide bonds. The van der Waals surface area contributed by atoms with Crippen molar-refractivity contribution in [2.75, 3.05) is 24.3 Å². The highest BCUT2D eigenvalue weighted by atomic mass is 16.5. The van der Waals surface area contributed by atoms with Crippen LogP contribution in [-0.2, 0) is 9.53 Å². The second-order valence-corrected chi connectivity index (χ2v) is 3.54. The van der Waals surface area contributed by atoms with Crippen LogP contribution in [0.15, 0.2) is 24.3 Å². The molecule has 0 aliphatic heterocycles. The first-order valence-electron chi connectivity index (χ1n) is 5.45. The molecule has 0 fully saturated rings. The van der Waals surface area contributed by atoms with E-state index in [1.165, 1.54) is 0 Å². The van der Waals surface area contributed by atoms with Crippen LogP contribution in [0, 0.1) is 0 Å². The predicted molar refractivity (Wildman–Crippen MR) is 65.2 cm³/mol. The fraction of sp³-hybridized carbons (Fsp3) is 0.417. The van der Waals surface area contributed by atoms with Gasteiger partial charge >= 0.3 is 0 Å². The van der Waals surface area contributed by atoms with Gasteiger partial charge in [0.15, 0.2) is 0 Å². The number of amides is 1. The first-order valence-corrected chi connectivity index (χ1v) is 5.45. The number of benzene rings is 1. The molecule has 88 valence electrons. The molecule has 0 saturated heterocycles. The smallest absolute Gasteiger partial charge is 0.226 e. The Morgan fingerprint density at radius 3 is 2.94 bits per heavy atom. The average molecular weight is 222 g/mol. The van der Waals surface area contributed by atoms with Gasteiger partial charge in [-0.2, -0.15) is 0 Å². The van der Waals surface area contributed by atoms with Crippen LogP contribution in [0.1, 0.15) is 19.8 Å². The van der Waals surface area contributed by atoms with Crippen molar-refractivity contribution in [3.05, 3.63) is 24.3 Å². The molecular weight excluding hydrogens is 204 g/mol. The Balaban J connectivity index is 2.29. The van der Waals surface area contributed by atoms with Crippen molar-refractivity contribution in [3.63, 3.8) is 0 Å². The second kappa shape index (κ2) is 6.85. The Morgan fingerprint density at radius 1 is 1.44 bits per heavy atom. The fourth-order valence-corrected chi connectivity index (χ4v) is 1.25. The molecule has 0 atom stereocenters. The van der Waals surface area contributed by atoms with E-state index in [2.05, 4.69) is 5.32 Å². The van der Waals surface area contributed by atoms with Gasteiger partial charge in [-0.05, 0) is 24.6 Å². The minimum atomic E-state index is -0.0540. The molecular formula is C12H18N2O2. The summed E-state index contributed by atoms with van der Waals surface area (Å²) in [5.41, 5.74) is 6.96. The maximum absolute atomic E-state index is 11.5. The lowest BCUT2D eigenvalue weighted by Crippen LogP contribution is -2.14. The maximum Gasteiger partial charge on any atom is 0.226 e. The van der Waals surface area contributed by atoms with Gasteiger partial charge in [0.05, 0.1) is 13.0 Å². The summed E-state index contributed by atoms with van der Waals surface area (Å²) in [6.07, 6.45) is 1.34. The van der Waals surface area contributed by atoms with Crippen LogP contribution < -0.4 is 11.1 Å². The number of carbonyl (C=O) groups is 1. The Labute approximate surface area is 95.8 Å². The number of rotatable bonds is 6. The zero-order valence-corrected chi connectivity index (χ0v) is 9.53. The van der Waals surface area contributed by atoms with E-state index in [0.29, 0.717) is 25.3 Å². The van der Waals surface area contributed by atoms with Crippen molar-refractivity contribution in [1.82, 2.24) is 0 Å². The van der Waals surface area contributed by atoms with Gasteiger partial charge in [-0.25, -0.2) is 0 Å². The molecule has 0 heterocycles. The SMILES string of the molecule is CCCOCCC(=O)Nc1cccc(N)c1. The van der Waals surface area contributed by atoms with Gasteiger partial charge in [-0.3, -0.25) is 4.79 Å². The molecule has 0 spiro atoms. The van der Waals surface area contributed by atoms with E-state index in [-0.39, 0.29) is 5.91 Å². The molecule has 3 N–H and O–H groups in total. The Hall–Kier alpha value is -1.55. The Bertz CT molecular complexity index is 340. The number of ether oxygens (including phenoxy) is 1. The number of nitrogens with two attached hydrogens (primary N) is 1. The zero-order valence-electron chi connectivity index (χ0n) is 9.53. The molecule has 1 rings (SSSR count). The second-order valence-electron chi connectivity index (χ2n) is 3.54. The van der Waals surface area contributed by atoms with Crippen molar-refractivity contribution in [2.45, 2.75) is 19.8 Å². The lowest BCUT2D eigenvalue weighted by atomic mass is 10.3. The third-order valence-corrected chi connectivity index (χ3v) is 1.99. The van der Waals surface area contributed by atoms with Gasteiger partial charge in [0.2, 0.25) is 5.91 Å². The number of anilines is 2. The van der Waals surface area contributed by atoms with Crippen LogP contribution >= 0.6 is 0 Å². The lowest BCUT2D eigenvalue weighted by molar-refractivity contribution is -0.117. The third-order valence-electron chi connectivity index (χ3n) is 1.99. The first-order chi connectivity index (χ1) is 7.72. The molecule has 0 unspecified atom stereocenters.